The smallest absolute Gasteiger partial charge is 0.274 e. The average Bonchev–Trinajstić information content (AvgIpc) is 3.24. The topological polar surface area (TPSA) is 87.9 Å². The summed E-state index contributed by atoms with van der Waals surface area (Å²) in [7, 11) is 0. The second kappa shape index (κ2) is 10.6. The number of carbonyl (C=O) groups is 2. The van der Waals surface area contributed by atoms with Gasteiger partial charge in [-0.25, -0.2) is 0 Å². The highest BCUT2D eigenvalue weighted by molar-refractivity contribution is 6.32. The van der Waals surface area contributed by atoms with E-state index in [2.05, 4.69) is 5.10 Å². The maximum atomic E-state index is 13.2. The molecule has 2 fully saturated rings. The van der Waals surface area contributed by atoms with Crippen LogP contribution in [0.15, 0.2) is 24.3 Å². The van der Waals surface area contributed by atoms with Crippen LogP contribution in [0.3, 0.4) is 0 Å². The highest BCUT2D eigenvalue weighted by atomic mass is 35.5. The molecule has 0 unspecified atom stereocenters. The molecule has 2 amide bonds. The van der Waals surface area contributed by atoms with Crippen molar-refractivity contribution < 1.29 is 19.4 Å². The van der Waals surface area contributed by atoms with E-state index in [1.54, 1.807) is 9.58 Å². The van der Waals surface area contributed by atoms with Gasteiger partial charge < -0.3 is 19.6 Å². The minimum absolute atomic E-state index is 0.0251. The molecule has 2 saturated heterocycles. The van der Waals surface area contributed by atoms with Crippen LogP contribution in [0, 0.1) is 0 Å². The quantitative estimate of drug-likeness (QED) is 0.681. The molecule has 0 radical (unpaired) electrons. The van der Waals surface area contributed by atoms with Gasteiger partial charge in [0, 0.05) is 50.3 Å². The second-order valence-corrected chi connectivity index (χ2v) is 10.2. The van der Waals surface area contributed by atoms with Crippen LogP contribution in [0.25, 0.3) is 0 Å². The number of hydrogen-bond acceptors (Lipinski definition) is 5. The minimum Gasteiger partial charge on any atom is -0.489 e. The van der Waals surface area contributed by atoms with Crippen LogP contribution in [-0.4, -0.2) is 74.9 Å². The molecule has 3 aliphatic rings. The van der Waals surface area contributed by atoms with Gasteiger partial charge in [0.15, 0.2) is 5.69 Å². The van der Waals surface area contributed by atoms with Crippen molar-refractivity contribution in [1.29, 1.82) is 0 Å². The first-order chi connectivity index (χ1) is 17.0. The van der Waals surface area contributed by atoms with Gasteiger partial charge in [-0.3, -0.25) is 14.3 Å². The van der Waals surface area contributed by atoms with Gasteiger partial charge in [0.05, 0.1) is 11.1 Å². The minimum atomic E-state index is -0.331. The third-order valence-corrected chi connectivity index (χ3v) is 7.73. The summed E-state index contributed by atoms with van der Waals surface area (Å²) in [6, 6.07) is 7.46. The molecule has 188 valence electrons. The van der Waals surface area contributed by atoms with E-state index in [-0.39, 0.29) is 30.6 Å². The van der Waals surface area contributed by atoms with Gasteiger partial charge in [0.25, 0.3) is 5.91 Å². The van der Waals surface area contributed by atoms with Crippen molar-refractivity contribution in [1.82, 2.24) is 19.6 Å². The molecule has 9 heteroatoms. The fourth-order valence-electron chi connectivity index (χ4n) is 5.36. The van der Waals surface area contributed by atoms with Crippen molar-refractivity contribution >= 4 is 23.4 Å². The van der Waals surface area contributed by atoms with E-state index >= 15 is 0 Å². The van der Waals surface area contributed by atoms with E-state index in [4.69, 9.17) is 16.3 Å². The molecule has 1 N–H and O–H groups in total. The van der Waals surface area contributed by atoms with E-state index in [0.717, 1.165) is 49.8 Å². The van der Waals surface area contributed by atoms with Gasteiger partial charge in [0.1, 0.15) is 18.4 Å². The van der Waals surface area contributed by atoms with Gasteiger partial charge >= 0.3 is 0 Å². The molecule has 0 saturated carbocycles. The lowest BCUT2D eigenvalue weighted by molar-refractivity contribution is -0.133. The number of amides is 2. The van der Waals surface area contributed by atoms with Crippen LogP contribution in [0.1, 0.15) is 60.3 Å². The number of para-hydroxylation sites is 1. The van der Waals surface area contributed by atoms with Crippen LogP contribution in [0.2, 0.25) is 5.02 Å². The Bertz CT molecular complexity index is 1070. The lowest BCUT2D eigenvalue weighted by Crippen LogP contribution is -2.43. The zero-order valence-corrected chi connectivity index (χ0v) is 20.8. The van der Waals surface area contributed by atoms with Crippen molar-refractivity contribution in [2.24, 2.45) is 0 Å². The summed E-state index contributed by atoms with van der Waals surface area (Å²) >= 11 is 6.21. The Morgan fingerprint density at radius 1 is 1.00 bits per heavy atom. The maximum absolute atomic E-state index is 13.2. The Hall–Kier alpha value is -2.58. The number of piperidine rings is 2. The van der Waals surface area contributed by atoms with Crippen molar-refractivity contribution in [2.45, 2.75) is 70.1 Å². The fraction of sp³-hybridized carbons (Fsp3) is 0.577. The molecule has 0 bridgehead atoms. The molecule has 2 aliphatic heterocycles. The summed E-state index contributed by atoms with van der Waals surface area (Å²) in [4.78, 5) is 30.1. The monoisotopic (exact) mass is 500 g/mol. The van der Waals surface area contributed by atoms with Crippen molar-refractivity contribution in [3.8, 4) is 5.75 Å². The number of carbonyl (C=O) groups excluding carboxylic acids is 2. The highest BCUT2D eigenvalue weighted by Crippen LogP contribution is 2.28. The number of aliphatic hydroxyl groups excluding tert-OH is 1. The van der Waals surface area contributed by atoms with E-state index in [1.807, 2.05) is 29.2 Å². The van der Waals surface area contributed by atoms with Crippen LogP contribution >= 0.6 is 11.6 Å². The first-order valence-electron chi connectivity index (χ1n) is 12.7. The first-order valence-corrected chi connectivity index (χ1v) is 13.1. The van der Waals surface area contributed by atoms with Gasteiger partial charge in [0.2, 0.25) is 5.91 Å². The number of likely N-dealkylation sites (tertiary alicyclic amines) is 2. The van der Waals surface area contributed by atoms with Crippen molar-refractivity contribution in [2.75, 3.05) is 26.2 Å². The molecule has 35 heavy (non-hydrogen) atoms. The van der Waals surface area contributed by atoms with Gasteiger partial charge in [-0.15, -0.1) is 0 Å². The highest BCUT2D eigenvalue weighted by Gasteiger charge is 2.31. The van der Waals surface area contributed by atoms with Crippen molar-refractivity contribution in [3.05, 3.63) is 46.2 Å². The number of aromatic nitrogens is 2. The molecule has 1 aliphatic carbocycles. The lowest BCUT2D eigenvalue weighted by Gasteiger charge is -2.32. The Morgan fingerprint density at radius 2 is 1.69 bits per heavy atom. The molecule has 8 nitrogen and oxygen atoms in total. The zero-order valence-electron chi connectivity index (χ0n) is 20.0. The third-order valence-electron chi connectivity index (χ3n) is 7.42. The Labute approximate surface area is 210 Å². The molecule has 1 aromatic heterocycles. The molecular weight excluding hydrogens is 468 g/mol. The summed E-state index contributed by atoms with van der Waals surface area (Å²) in [5.41, 5.74) is 2.53. The molecule has 2 aromatic rings. The summed E-state index contributed by atoms with van der Waals surface area (Å²) in [6.07, 6.45) is 6.14. The van der Waals surface area contributed by atoms with Crippen LogP contribution in [0.4, 0.5) is 0 Å². The van der Waals surface area contributed by atoms with Gasteiger partial charge in [-0.2, -0.15) is 5.10 Å². The van der Waals surface area contributed by atoms with Gasteiger partial charge in [-0.1, -0.05) is 23.7 Å². The van der Waals surface area contributed by atoms with Crippen LogP contribution in [-0.2, 0) is 24.2 Å². The number of benzene rings is 1. The summed E-state index contributed by atoms with van der Waals surface area (Å²) < 4.78 is 7.83. The second-order valence-electron chi connectivity index (χ2n) is 9.79. The van der Waals surface area contributed by atoms with E-state index < -0.39 is 0 Å². The SMILES string of the molecule is O=C(Cn1nc(C(=O)N2CCC(O)CC2)c2c1CCCC2)N1CCC(Oc2ccccc2Cl)CC1. The third kappa shape index (κ3) is 5.33. The lowest BCUT2D eigenvalue weighted by atomic mass is 9.95. The standard InChI is InChI=1S/C26H33ClN4O4/c27-21-6-2-4-8-23(21)35-19-11-15-29(16-12-19)24(33)17-31-22-7-3-1-5-20(22)25(28-31)26(34)30-13-9-18(32)10-14-30/h2,4,6,8,18-19,32H,1,3,5,7,9-17H2. The number of rotatable bonds is 5. The molecule has 0 atom stereocenters. The van der Waals surface area contributed by atoms with Gasteiger partial charge in [-0.05, 0) is 50.7 Å². The summed E-state index contributed by atoms with van der Waals surface area (Å²) in [5, 5.41) is 15.1. The Morgan fingerprint density at radius 3 is 2.43 bits per heavy atom. The Kier molecular flexibility index (Phi) is 7.29. The number of halogens is 1. The number of fused-ring (bicyclic) bond motifs is 1. The fourth-order valence-corrected chi connectivity index (χ4v) is 5.54. The average molecular weight is 501 g/mol. The Balaban J connectivity index is 1.23. The predicted molar refractivity (Wildman–Crippen MR) is 132 cm³/mol. The number of nitrogens with zero attached hydrogens (tertiary/aromatic N) is 4. The predicted octanol–water partition coefficient (Wildman–Crippen LogP) is 3.08. The maximum Gasteiger partial charge on any atom is 0.274 e. The van der Waals surface area contributed by atoms with E-state index in [0.29, 0.717) is 55.5 Å². The molecular formula is C26H33ClN4O4. The molecule has 5 rings (SSSR count). The first kappa shape index (κ1) is 24.1. The summed E-state index contributed by atoms with van der Waals surface area (Å²) in [6.45, 7) is 2.50. The number of hydrogen-bond donors (Lipinski definition) is 1. The van der Waals surface area contributed by atoms with Crippen LogP contribution < -0.4 is 4.74 Å². The molecule has 3 heterocycles. The van der Waals surface area contributed by atoms with E-state index in [1.165, 1.54) is 0 Å². The largest absolute Gasteiger partial charge is 0.489 e. The van der Waals surface area contributed by atoms with Crippen LogP contribution in [0.5, 0.6) is 5.75 Å². The molecule has 0 spiro atoms. The zero-order chi connectivity index (χ0) is 24.4. The number of ether oxygens (including phenoxy) is 1. The van der Waals surface area contributed by atoms with E-state index in [9.17, 15) is 14.7 Å². The normalized spacial score (nSPS) is 19.5. The molecule has 1 aromatic carbocycles. The van der Waals surface area contributed by atoms with Crippen molar-refractivity contribution in [3.63, 3.8) is 0 Å². The number of aliphatic hydroxyl groups is 1. The summed E-state index contributed by atoms with van der Waals surface area (Å²) in [5.74, 6) is 0.637.